The van der Waals surface area contributed by atoms with Gasteiger partial charge in [-0.05, 0) is 24.3 Å². The van der Waals surface area contributed by atoms with Gasteiger partial charge in [-0.25, -0.2) is 4.98 Å². The summed E-state index contributed by atoms with van der Waals surface area (Å²) in [6.45, 7) is 0.0981. The highest BCUT2D eigenvalue weighted by atomic mass is 32.1. The first-order chi connectivity index (χ1) is 12.6. The van der Waals surface area contributed by atoms with E-state index >= 15 is 0 Å². The number of benzene rings is 1. The fourth-order valence-electron chi connectivity index (χ4n) is 2.05. The van der Waals surface area contributed by atoms with Gasteiger partial charge >= 0.3 is 0 Å². The summed E-state index contributed by atoms with van der Waals surface area (Å²) in [5.74, 6) is 0.0765. The molecule has 0 atom stereocenters. The zero-order valence-electron chi connectivity index (χ0n) is 13.5. The number of ether oxygens (including phenoxy) is 1. The number of non-ortho nitro benzene ring substituents is 1. The molecule has 0 aliphatic carbocycles. The third kappa shape index (κ3) is 4.61. The molecule has 0 fully saturated rings. The minimum atomic E-state index is -0.496. The van der Waals surface area contributed by atoms with Crippen molar-refractivity contribution in [3.63, 3.8) is 0 Å². The largest absolute Gasteiger partial charge is 0.484 e. The van der Waals surface area contributed by atoms with E-state index in [1.165, 1.54) is 35.6 Å². The molecule has 1 aromatic carbocycles. The molecule has 0 aliphatic rings. The van der Waals surface area contributed by atoms with Crippen molar-refractivity contribution in [2.45, 2.75) is 6.54 Å². The van der Waals surface area contributed by atoms with Crippen LogP contribution in [0.4, 0.5) is 5.69 Å². The molecule has 1 amide bonds. The van der Waals surface area contributed by atoms with Crippen LogP contribution in [0.25, 0.3) is 10.7 Å². The Morgan fingerprint density at radius 1 is 1.23 bits per heavy atom. The fourth-order valence-corrected chi connectivity index (χ4v) is 2.84. The minimum absolute atomic E-state index is 0.0333. The Morgan fingerprint density at radius 2 is 2.04 bits per heavy atom. The minimum Gasteiger partial charge on any atom is -0.484 e. The molecule has 1 N–H and O–H groups in total. The van der Waals surface area contributed by atoms with Crippen LogP contribution in [0.3, 0.4) is 0 Å². The van der Waals surface area contributed by atoms with E-state index in [4.69, 9.17) is 4.74 Å². The maximum absolute atomic E-state index is 11.9. The van der Waals surface area contributed by atoms with Gasteiger partial charge in [-0.2, -0.15) is 0 Å². The molecule has 8 nitrogen and oxygen atoms in total. The van der Waals surface area contributed by atoms with E-state index < -0.39 is 4.92 Å². The number of carbonyl (C=O) groups is 1. The average molecular weight is 370 g/mol. The van der Waals surface area contributed by atoms with Gasteiger partial charge in [0, 0.05) is 23.7 Å². The number of thiazole rings is 1. The highest BCUT2D eigenvalue weighted by Gasteiger charge is 2.09. The third-order valence-corrected chi connectivity index (χ3v) is 4.23. The lowest BCUT2D eigenvalue weighted by molar-refractivity contribution is -0.384. The number of nitro benzene ring substituents is 1. The Bertz CT molecular complexity index is 897. The van der Waals surface area contributed by atoms with Crippen LogP contribution in [-0.4, -0.2) is 27.4 Å². The molecule has 0 saturated heterocycles. The van der Waals surface area contributed by atoms with Crippen molar-refractivity contribution >= 4 is 22.9 Å². The van der Waals surface area contributed by atoms with Gasteiger partial charge in [0.05, 0.1) is 22.9 Å². The number of pyridine rings is 1. The number of nitrogens with one attached hydrogen (secondary N) is 1. The summed E-state index contributed by atoms with van der Waals surface area (Å²) in [5.41, 5.74) is 1.49. The van der Waals surface area contributed by atoms with Crippen LogP contribution < -0.4 is 10.1 Å². The standard InChI is InChI=1S/C17H14N4O4S/c22-16(10-25-14-6-4-13(5-7-14)21(23)24)19-9-12-11-26-17(20-12)15-3-1-2-8-18-15/h1-8,11H,9-10H2,(H,19,22). The summed E-state index contributed by atoms with van der Waals surface area (Å²) in [6, 6.07) is 11.1. The summed E-state index contributed by atoms with van der Waals surface area (Å²) < 4.78 is 5.30. The molecule has 3 rings (SSSR count). The Labute approximate surface area is 152 Å². The molecule has 0 saturated carbocycles. The lowest BCUT2D eigenvalue weighted by atomic mass is 10.3. The average Bonchev–Trinajstić information content (AvgIpc) is 3.15. The highest BCUT2D eigenvalue weighted by molar-refractivity contribution is 7.13. The normalized spacial score (nSPS) is 10.3. The molecule has 9 heteroatoms. The second-order valence-electron chi connectivity index (χ2n) is 5.18. The number of rotatable bonds is 7. The molecule has 3 aromatic rings. The van der Waals surface area contributed by atoms with Gasteiger partial charge in [-0.1, -0.05) is 6.07 Å². The smallest absolute Gasteiger partial charge is 0.269 e. The molecule has 2 heterocycles. The van der Waals surface area contributed by atoms with E-state index in [1.807, 2.05) is 23.6 Å². The second kappa shape index (κ2) is 8.17. The molecule has 132 valence electrons. The summed E-state index contributed by atoms with van der Waals surface area (Å²) in [6.07, 6.45) is 1.70. The van der Waals surface area contributed by atoms with Crippen LogP contribution in [0, 0.1) is 10.1 Å². The van der Waals surface area contributed by atoms with E-state index in [2.05, 4.69) is 15.3 Å². The van der Waals surface area contributed by atoms with Crippen LogP contribution >= 0.6 is 11.3 Å². The van der Waals surface area contributed by atoms with Crippen LogP contribution in [0.2, 0.25) is 0 Å². The van der Waals surface area contributed by atoms with Gasteiger partial charge in [0.15, 0.2) is 6.61 Å². The lowest BCUT2D eigenvalue weighted by Gasteiger charge is -2.06. The van der Waals surface area contributed by atoms with Gasteiger partial charge < -0.3 is 10.1 Å². The van der Waals surface area contributed by atoms with E-state index in [1.54, 1.807) is 6.20 Å². The molecule has 0 unspecified atom stereocenters. The topological polar surface area (TPSA) is 107 Å². The highest BCUT2D eigenvalue weighted by Crippen LogP contribution is 2.21. The summed E-state index contributed by atoms with van der Waals surface area (Å²) in [7, 11) is 0. The van der Waals surface area contributed by atoms with Gasteiger partial charge in [0.1, 0.15) is 10.8 Å². The number of hydrogen-bond donors (Lipinski definition) is 1. The van der Waals surface area contributed by atoms with Gasteiger partial charge in [0.25, 0.3) is 11.6 Å². The first-order valence-corrected chi connectivity index (χ1v) is 8.49. The van der Waals surface area contributed by atoms with Crippen molar-refractivity contribution < 1.29 is 14.5 Å². The van der Waals surface area contributed by atoms with Crippen molar-refractivity contribution in [2.75, 3.05) is 6.61 Å². The summed E-state index contributed by atoms with van der Waals surface area (Å²) >= 11 is 1.46. The predicted molar refractivity (Wildman–Crippen MR) is 95.8 cm³/mol. The third-order valence-electron chi connectivity index (χ3n) is 3.32. The number of amides is 1. The van der Waals surface area contributed by atoms with Crippen molar-refractivity contribution in [1.82, 2.24) is 15.3 Å². The predicted octanol–water partition coefficient (Wildman–Crippen LogP) is 2.81. The monoisotopic (exact) mass is 370 g/mol. The maximum Gasteiger partial charge on any atom is 0.269 e. The molecule has 26 heavy (non-hydrogen) atoms. The molecule has 0 radical (unpaired) electrons. The van der Waals surface area contributed by atoms with Crippen LogP contribution in [0.5, 0.6) is 5.75 Å². The van der Waals surface area contributed by atoms with Crippen molar-refractivity contribution in [3.8, 4) is 16.5 Å². The maximum atomic E-state index is 11.9. The SMILES string of the molecule is O=C(COc1ccc([N+](=O)[O-])cc1)NCc1csc(-c2ccccn2)n1. The zero-order valence-corrected chi connectivity index (χ0v) is 14.3. The van der Waals surface area contributed by atoms with Gasteiger partial charge in [0.2, 0.25) is 0 Å². The van der Waals surface area contributed by atoms with E-state index in [-0.39, 0.29) is 24.7 Å². The van der Waals surface area contributed by atoms with Crippen molar-refractivity contribution in [3.05, 3.63) is 69.8 Å². The summed E-state index contributed by atoms with van der Waals surface area (Å²) in [5, 5.41) is 15.9. The fraction of sp³-hybridized carbons (Fsp3) is 0.118. The Balaban J connectivity index is 1.47. The molecule has 0 bridgehead atoms. The van der Waals surface area contributed by atoms with Crippen LogP contribution in [-0.2, 0) is 11.3 Å². The lowest BCUT2D eigenvalue weighted by Crippen LogP contribution is -2.28. The Kier molecular flexibility index (Phi) is 5.49. The molecule has 0 spiro atoms. The zero-order chi connectivity index (χ0) is 18.4. The number of nitrogens with zero attached hydrogens (tertiary/aromatic N) is 3. The molecule has 0 aliphatic heterocycles. The number of hydrogen-bond acceptors (Lipinski definition) is 7. The number of nitro groups is 1. The Morgan fingerprint density at radius 3 is 2.73 bits per heavy atom. The van der Waals surface area contributed by atoms with Crippen LogP contribution in [0.15, 0.2) is 54.0 Å². The molecule has 2 aromatic heterocycles. The summed E-state index contributed by atoms with van der Waals surface area (Å²) in [4.78, 5) is 30.6. The van der Waals surface area contributed by atoms with E-state index in [9.17, 15) is 14.9 Å². The van der Waals surface area contributed by atoms with E-state index in [0.717, 1.165) is 16.4 Å². The number of aromatic nitrogens is 2. The second-order valence-corrected chi connectivity index (χ2v) is 6.03. The van der Waals surface area contributed by atoms with Crippen molar-refractivity contribution in [1.29, 1.82) is 0 Å². The Hall–Kier alpha value is -3.33. The quantitative estimate of drug-likeness (QED) is 0.506. The first-order valence-electron chi connectivity index (χ1n) is 7.61. The van der Waals surface area contributed by atoms with Gasteiger partial charge in [-0.3, -0.25) is 19.9 Å². The van der Waals surface area contributed by atoms with E-state index in [0.29, 0.717) is 5.75 Å². The molecular formula is C17H14N4O4S. The molecular weight excluding hydrogens is 356 g/mol. The van der Waals surface area contributed by atoms with Gasteiger partial charge in [-0.15, -0.1) is 11.3 Å². The van der Waals surface area contributed by atoms with Crippen molar-refractivity contribution in [2.24, 2.45) is 0 Å². The number of carbonyl (C=O) groups excluding carboxylic acids is 1. The first kappa shape index (κ1) is 17.5. The van der Waals surface area contributed by atoms with Crippen LogP contribution in [0.1, 0.15) is 5.69 Å².